The molecule has 0 fully saturated rings. The minimum Gasteiger partial charge on any atom is -0.504 e. The zero-order valence-corrected chi connectivity index (χ0v) is 14.1. The van der Waals surface area contributed by atoms with Gasteiger partial charge in [-0.2, -0.15) is 4.98 Å². The van der Waals surface area contributed by atoms with E-state index in [1.54, 1.807) is 5.38 Å². The van der Waals surface area contributed by atoms with E-state index >= 15 is 0 Å². The van der Waals surface area contributed by atoms with Gasteiger partial charge < -0.3 is 19.3 Å². The quantitative estimate of drug-likeness (QED) is 0.771. The monoisotopic (exact) mass is 352 g/mol. The number of rotatable bonds is 4. The number of aromatic nitrogens is 2. The van der Waals surface area contributed by atoms with Crippen LogP contribution in [0.1, 0.15) is 0 Å². The number of aromatic hydroxyl groups is 1. The zero-order valence-electron chi connectivity index (χ0n) is 12.4. The van der Waals surface area contributed by atoms with Crippen LogP contribution in [0.3, 0.4) is 0 Å². The number of thiazole rings is 1. The molecule has 0 aliphatic heterocycles. The summed E-state index contributed by atoms with van der Waals surface area (Å²) in [5.41, 5.74) is -0.367. The molecule has 120 valence electrons. The lowest BCUT2D eigenvalue weighted by Crippen LogP contribution is -2.03. The Labute approximate surface area is 138 Å². The first-order valence-electron chi connectivity index (χ1n) is 6.37. The first-order chi connectivity index (χ1) is 11.1. The second kappa shape index (κ2) is 6.01. The van der Waals surface area contributed by atoms with Crippen molar-refractivity contribution in [3.63, 3.8) is 0 Å². The number of methoxy groups -OCH3 is 3. The summed E-state index contributed by atoms with van der Waals surface area (Å²) in [7, 11) is 4.31. The van der Waals surface area contributed by atoms with Gasteiger partial charge in [-0.25, -0.2) is 4.98 Å². The average molecular weight is 352 g/mol. The first-order valence-corrected chi connectivity index (χ1v) is 8.07. The van der Waals surface area contributed by atoms with Gasteiger partial charge in [0.2, 0.25) is 11.6 Å². The van der Waals surface area contributed by atoms with Gasteiger partial charge in [-0.05, 0) is 0 Å². The summed E-state index contributed by atoms with van der Waals surface area (Å²) >= 11 is 2.58. The predicted octanol–water partition coefficient (Wildman–Crippen LogP) is 2.51. The van der Waals surface area contributed by atoms with Gasteiger partial charge >= 0.3 is 0 Å². The van der Waals surface area contributed by atoms with E-state index < -0.39 is 0 Å². The van der Waals surface area contributed by atoms with Crippen LogP contribution in [0.15, 0.2) is 16.2 Å². The SMILES string of the molecule is COc1csc(-c2cc(=O)c3c(O)c(OC)c(OC)nc3s2)n1. The second-order valence-corrected chi connectivity index (χ2v) is 6.24. The highest BCUT2D eigenvalue weighted by Gasteiger charge is 2.20. The van der Waals surface area contributed by atoms with Crippen molar-refractivity contribution in [2.24, 2.45) is 0 Å². The van der Waals surface area contributed by atoms with Crippen LogP contribution in [-0.4, -0.2) is 36.4 Å². The van der Waals surface area contributed by atoms with E-state index in [-0.39, 0.29) is 28.2 Å². The Hall–Kier alpha value is -2.39. The van der Waals surface area contributed by atoms with Crippen LogP contribution < -0.4 is 19.6 Å². The molecule has 3 aromatic heterocycles. The van der Waals surface area contributed by atoms with Gasteiger partial charge in [0.05, 0.1) is 31.6 Å². The summed E-state index contributed by atoms with van der Waals surface area (Å²) in [6, 6.07) is 1.42. The third-order valence-corrected chi connectivity index (χ3v) is 5.08. The molecule has 0 aliphatic carbocycles. The maximum absolute atomic E-state index is 12.4. The second-order valence-electron chi connectivity index (χ2n) is 4.35. The van der Waals surface area contributed by atoms with Crippen molar-refractivity contribution >= 4 is 32.9 Å². The van der Waals surface area contributed by atoms with Gasteiger partial charge in [0.15, 0.2) is 11.2 Å². The number of ether oxygens (including phenoxy) is 3. The Morgan fingerprint density at radius 3 is 2.52 bits per heavy atom. The Morgan fingerprint density at radius 1 is 1.13 bits per heavy atom. The molecule has 3 heterocycles. The van der Waals surface area contributed by atoms with E-state index in [2.05, 4.69) is 9.97 Å². The summed E-state index contributed by atoms with van der Waals surface area (Å²) in [5.74, 6) is 0.349. The van der Waals surface area contributed by atoms with Crippen LogP contribution in [0.5, 0.6) is 23.3 Å². The smallest absolute Gasteiger partial charge is 0.262 e. The number of pyridine rings is 1. The highest BCUT2D eigenvalue weighted by molar-refractivity contribution is 7.24. The third kappa shape index (κ3) is 2.57. The molecule has 23 heavy (non-hydrogen) atoms. The van der Waals surface area contributed by atoms with Gasteiger partial charge in [0, 0.05) is 6.07 Å². The van der Waals surface area contributed by atoms with E-state index in [0.29, 0.717) is 20.6 Å². The van der Waals surface area contributed by atoms with Gasteiger partial charge in [-0.15, -0.1) is 22.7 Å². The van der Waals surface area contributed by atoms with Crippen molar-refractivity contribution in [2.75, 3.05) is 21.3 Å². The Kier molecular flexibility index (Phi) is 4.05. The number of fused-ring (bicyclic) bond motifs is 1. The average Bonchev–Trinajstić information content (AvgIpc) is 3.03. The van der Waals surface area contributed by atoms with Crippen LogP contribution in [-0.2, 0) is 0 Å². The van der Waals surface area contributed by atoms with Crippen molar-refractivity contribution in [3.05, 3.63) is 21.7 Å². The number of hydrogen-bond acceptors (Lipinski definition) is 9. The summed E-state index contributed by atoms with van der Waals surface area (Å²) in [4.78, 5) is 21.9. The minimum atomic E-state index is -0.367. The molecule has 1 N–H and O–H groups in total. The topological polar surface area (TPSA) is 90.8 Å². The van der Waals surface area contributed by atoms with Gasteiger partial charge in [0.1, 0.15) is 15.2 Å². The van der Waals surface area contributed by atoms with Gasteiger partial charge in [0.25, 0.3) is 5.88 Å². The van der Waals surface area contributed by atoms with Crippen LogP contribution in [0, 0.1) is 0 Å². The molecule has 0 aliphatic rings. The zero-order chi connectivity index (χ0) is 16.6. The molecular weight excluding hydrogens is 340 g/mol. The molecule has 0 saturated carbocycles. The molecular formula is C14H12N2O5S2. The van der Waals surface area contributed by atoms with Crippen LogP contribution in [0.2, 0.25) is 0 Å². The summed E-state index contributed by atoms with van der Waals surface area (Å²) < 4.78 is 15.2. The summed E-state index contributed by atoms with van der Waals surface area (Å²) in [5, 5.41) is 12.8. The fourth-order valence-electron chi connectivity index (χ4n) is 2.03. The molecule has 0 saturated heterocycles. The van der Waals surface area contributed by atoms with Gasteiger partial charge in [-0.3, -0.25) is 4.79 Å². The maximum atomic E-state index is 12.4. The van der Waals surface area contributed by atoms with E-state index in [4.69, 9.17) is 14.2 Å². The Bertz CT molecular complexity index is 935. The maximum Gasteiger partial charge on any atom is 0.262 e. The summed E-state index contributed by atoms with van der Waals surface area (Å²) in [6.07, 6.45) is 0. The van der Waals surface area contributed by atoms with Gasteiger partial charge in [-0.1, -0.05) is 0 Å². The number of nitrogens with zero attached hydrogens (tertiary/aromatic N) is 2. The molecule has 0 aromatic carbocycles. The fraction of sp³-hybridized carbons (Fsp3) is 0.214. The van der Waals surface area contributed by atoms with E-state index in [1.807, 2.05) is 0 Å². The minimum absolute atomic E-state index is 0.0352. The first kappa shape index (κ1) is 15.5. The van der Waals surface area contributed by atoms with Crippen molar-refractivity contribution in [2.45, 2.75) is 0 Å². The van der Waals surface area contributed by atoms with Crippen molar-refractivity contribution in [1.82, 2.24) is 9.97 Å². The van der Waals surface area contributed by atoms with Crippen molar-refractivity contribution < 1.29 is 19.3 Å². The normalized spacial score (nSPS) is 10.7. The molecule has 0 atom stereocenters. The molecule has 0 radical (unpaired) electrons. The van der Waals surface area contributed by atoms with Crippen molar-refractivity contribution in [1.29, 1.82) is 0 Å². The molecule has 3 aromatic rings. The van der Waals surface area contributed by atoms with Crippen LogP contribution >= 0.6 is 22.7 Å². The van der Waals surface area contributed by atoms with Crippen molar-refractivity contribution in [3.8, 4) is 33.1 Å². The van der Waals surface area contributed by atoms with Crippen LogP contribution in [0.4, 0.5) is 0 Å². The lowest BCUT2D eigenvalue weighted by molar-refractivity contribution is 0.326. The highest BCUT2D eigenvalue weighted by Crippen LogP contribution is 2.41. The Balaban J connectivity index is 2.27. The predicted molar refractivity (Wildman–Crippen MR) is 88.3 cm³/mol. The van der Waals surface area contributed by atoms with Crippen LogP contribution in [0.25, 0.3) is 20.1 Å². The van der Waals surface area contributed by atoms with E-state index in [0.717, 1.165) is 0 Å². The highest BCUT2D eigenvalue weighted by atomic mass is 32.1. The third-order valence-electron chi connectivity index (χ3n) is 3.08. The molecule has 0 bridgehead atoms. The molecule has 0 amide bonds. The largest absolute Gasteiger partial charge is 0.504 e. The lowest BCUT2D eigenvalue weighted by Gasteiger charge is -2.10. The molecule has 0 unspecified atom stereocenters. The fourth-order valence-corrected chi connectivity index (χ4v) is 3.91. The Morgan fingerprint density at radius 2 is 1.91 bits per heavy atom. The summed E-state index contributed by atoms with van der Waals surface area (Å²) in [6.45, 7) is 0. The lowest BCUT2D eigenvalue weighted by atomic mass is 10.2. The molecule has 0 spiro atoms. The molecule has 7 nitrogen and oxygen atoms in total. The standard InChI is InChI=1S/C14H12N2O5S2/c1-19-8-5-22-13(15-8)7-4-6(17)9-10(18)11(20-2)12(21-3)16-14(9)23-7/h4-5H,1-3H3,(H,16,18). The molecule has 9 heteroatoms. The number of hydrogen-bond donors (Lipinski definition) is 1. The van der Waals surface area contributed by atoms with E-state index in [9.17, 15) is 9.90 Å². The molecule has 3 rings (SSSR count). The van der Waals surface area contributed by atoms with E-state index in [1.165, 1.54) is 50.1 Å².